The van der Waals surface area contributed by atoms with Gasteiger partial charge in [-0.25, -0.2) is 23.4 Å². The molecule has 182 valence electrons. The monoisotopic (exact) mass is 555 g/mol. The zero-order chi connectivity index (χ0) is 25.3. The molecule has 0 radical (unpaired) electrons. The molecule has 1 amide bonds. The summed E-state index contributed by atoms with van der Waals surface area (Å²) in [6.45, 7) is -0.697. The molecule has 1 atom stereocenters. The van der Waals surface area contributed by atoms with Gasteiger partial charge in [-0.05, 0) is 42.0 Å². The van der Waals surface area contributed by atoms with Crippen molar-refractivity contribution in [2.75, 3.05) is 6.61 Å². The van der Waals surface area contributed by atoms with Gasteiger partial charge in [0.2, 0.25) is 10.0 Å². The molecular formula is C22H16Cl3N3O6S. The van der Waals surface area contributed by atoms with Crippen LogP contribution in [0, 0.1) is 0 Å². The van der Waals surface area contributed by atoms with E-state index in [1.54, 1.807) is 36.4 Å². The van der Waals surface area contributed by atoms with Crippen LogP contribution in [0.5, 0.6) is 0 Å². The molecule has 1 aliphatic heterocycles. The van der Waals surface area contributed by atoms with Gasteiger partial charge in [0.1, 0.15) is 16.7 Å². The molecule has 3 aromatic rings. The predicted molar refractivity (Wildman–Crippen MR) is 129 cm³/mol. The molecule has 2 N–H and O–H groups in total. The maximum atomic E-state index is 13.0. The number of rotatable bonds is 6. The lowest BCUT2D eigenvalue weighted by molar-refractivity contribution is -0.136. The number of carbonyl (C=O) groups is 2. The third-order valence-corrected chi connectivity index (χ3v) is 7.03. The Morgan fingerprint density at radius 3 is 2.46 bits per heavy atom. The summed E-state index contributed by atoms with van der Waals surface area (Å²) in [6.07, 6.45) is 1.83. The highest BCUT2D eigenvalue weighted by atomic mass is 35.5. The number of hydrogen-bond acceptors (Lipinski definition) is 7. The number of esters is 1. The lowest BCUT2D eigenvalue weighted by Gasteiger charge is -2.19. The van der Waals surface area contributed by atoms with Crippen molar-refractivity contribution >= 4 is 62.4 Å². The van der Waals surface area contributed by atoms with E-state index < -0.39 is 39.4 Å². The van der Waals surface area contributed by atoms with Gasteiger partial charge in [0.05, 0.1) is 27.6 Å². The van der Waals surface area contributed by atoms with E-state index in [0.29, 0.717) is 22.9 Å². The van der Waals surface area contributed by atoms with Gasteiger partial charge >= 0.3 is 5.97 Å². The minimum absolute atomic E-state index is 0.169. The van der Waals surface area contributed by atoms with Crippen LogP contribution in [0.4, 0.5) is 0 Å². The summed E-state index contributed by atoms with van der Waals surface area (Å²) >= 11 is 17.8. The first-order chi connectivity index (χ1) is 16.5. The number of hydrazone groups is 1. The summed E-state index contributed by atoms with van der Waals surface area (Å²) in [7, 11) is -4.23. The van der Waals surface area contributed by atoms with Gasteiger partial charge in [-0.3, -0.25) is 4.79 Å². The molecule has 1 unspecified atom stereocenters. The van der Waals surface area contributed by atoms with Crippen molar-refractivity contribution in [3.05, 3.63) is 86.7 Å². The molecule has 1 aliphatic rings. The van der Waals surface area contributed by atoms with Gasteiger partial charge in [0.15, 0.2) is 6.61 Å². The van der Waals surface area contributed by atoms with Crippen LogP contribution >= 0.6 is 34.8 Å². The normalized spacial score (nSPS) is 15.7. The summed E-state index contributed by atoms with van der Waals surface area (Å²) in [5.74, 6) is -1.18. The van der Waals surface area contributed by atoms with Gasteiger partial charge in [-0.15, -0.1) is 0 Å². The molecule has 13 heteroatoms. The highest BCUT2D eigenvalue weighted by Crippen LogP contribution is 2.33. The zero-order valence-corrected chi connectivity index (χ0v) is 20.7. The second-order valence-electron chi connectivity index (χ2n) is 7.41. The molecular weight excluding hydrogens is 541 g/mol. The number of primary sulfonamides is 1. The Kier molecular flexibility index (Phi) is 7.20. The molecule has 0 saturated heterocycles. The number of carbonyl (C=O) groups excluding carboxylic acids is 2. The maximum Gasteiger partial charge on any atom is 0.340 e. The summed E-state index contributed by atoms with van der Waals surface area (Å²) in [6, 6.07) is 11.7. The zero-order valence-electron chi connectivity index (χ0n) is 17.7. The molecule has 1 aromatic heterocycles. The van der Waals surface area contributed by atoms with Crippen molar-refractivity contribution in [2.45, 2.75) is 17.4 Å². The van der Waals surface area contributed by atoms with Crippen molar-refractivity contribution in [2.24, 2.45) is 10.2 Å². The van der Waals surface area contributed by atoms with Crippen LogP contribution in [0.1, 0.15) is 34.1 Å². The Morgan fingerprint density at radius 1 is 1.11 bits per heavy atom. The fraction of sp³-hybridized carbons (Fsp3) is 0.136. The quantitative estimate of drug-likeness (QED) is 0.447. The number of sulfonamides is 1. The summed E-state index contributed by atoms with van der Waals surface area (Å²) < 4.78 is 34.0. The molecule has 35 heavy (non-hydrogen) atoms. The van der Waals surface area contributed by atoms with E-state index in [9.17, 15) is 18.0 Å². The fourth-order valence-electron chi connectivity index (χ4n) is 3.43. The van der Waals surface area contributed by atoms with Gasteiger partial charge in [0.25, 0.3) is 5.91 Å². The van der Waals surface area contributed by atoms with E-state index >= 15 is 0 Å². The van der Waals surface area contributed by atoms with Crippen LogP contribution in [0.25, 0.3) is 0 Å². The Hall–Kier alpha value is -2.89. The first-order valence-electron chi connectivity index (χ1n) is 9.92. The number of ether oxygens (including phenoxy) is 1. The van der Waals surface area contributed by atoms with E-state index in [2.05, 4.69) is 5.10 Å². The first kappa shape index (κ1) is 25.2. The number of furan rings is 1. The van der Waals surface area contributed by atoms with Crippen LogP contribution in [0.2, 0.25) is 15.1 Å². The number of benzene rings is 2. The maximum absolute atomic E-state index is 13.0. The van der Waals surface area contributed by atoms with E-state index in [-0.39, 0.29) is 15.6 Å². The second-order valence-corrected chi connectivity index (χ2v) is 10.2. The van der Waals surface area contributed by atoms with Crippen molar-refractivity contribution < 1.29 is 27.2 Å². The van der Waals surface area contributed by atoms with Crippen LogP contribution in [0.15, 0.2) is 69.2 Å². The standard InChI is InChI=1S/C22H16Cl3N3O6S/c23-13-5-3-12(4-6-13)17-10-18(19-2-1-7-33-19)28(27-17)21(29)11-34-22(30)14-8-20(35(26,31)32)16(25)9-15(14)24/h1-9,18H,10-11H2,(H2,26,31,32). The number of halogens is 3. The fourth-order valence-corrected chi connectivity index (χ4v) is 4.96. The predicted octanol–water partition coefficient (Wildman–Crippen LogP) is 4.42. The van der Waals surface area contributed by atoms with Gasteiger partial charge in [0, 0.05) is 11.4 Å². The number of hydrogen-bond donors (Lipinski definition) is 1. The lowest BCUT2D eigenvalue weighted by atomic mass is 10.0. The number of nitrogens with zero attached hydrogens (tertiary/aromatic N) is 2. The smallest absolute Gasteiger partial charge is 0.340 e. The van der Waals surface area contributed by atoms with Crippen LogP contribution in [-0.4, -0.2) is 37.6 Å². The minimum Gasteiger partial charge on any atom is -0.467 e. The Balaban J connectivity index is 1.55. The average Bonchev–Trinajstić information content (AvgIpc) is 3.47. The second kappa shape index (κ2) is 10.00. The van der Waals surface area contributed by atoms with Crippen molar-refractivity contribution in [3.8, 4) is 0 Å². The third kappa shape index (κ3) is 5.52. The summed E-state index contributed by atoms with van der Waals surface area (Å²) in [5.41, 5.74) is 1.06. The minimum atomic E-state index is -4.23. The largest absolute Gasteiger partial charge is 0.467 e. The highest BCUT2D eigenvalue weighted by molar-refractivity contribution is 7.89. The first-order valence-corrected chi connectivity index (χ1v) is 12.6. The summed E-state index contributed by atoms with van der Waals surface area (Å²) in [5, 5.41) is 10.8. The topological polar surface area (TPSA) is 132 Å². The Morgan fingerprint density at radius 2 is 1.83 bits per heavy atom. The highest BCUT2D eigenvalue weighted by Gasteiger charge is 2.35. The molecule has 2 aromatic carbocycles. The van der Waals surface area contributed by atoms with Crippen LogP contribution in [-0.2, 0) is 19.6 Å². The van der Waals surface area contributed by atoms with Gasteiger partial charge in [-0.1, -0.05) is 46.9 Å². The molecule has 2 heterocycles. The van der Waals surface area contributed by atoms with Crippen LogP contribution in [0.3, 0.4) is 0 Å². The lowest BCUT2D eigenvalue weighted by Crippen LogP contribution is -2.31. The molecule has 0 saturated carbocycles. The van der Waals surface area contributed by atoms with Crippen molar-refractivity contribution in [3.63, 3.8) is 0 Å². The van der Waals surface area contributed by atoms with Crippen molar-refractivity contribution in [1.82, 2.24) is 5.01 Å². The Labute approximate surface area is 215 Å². The van der Waals surface area contributed by atoms with Gasteiger partial charge < -0.3 is 9.15 Å². The van der Waals surface area contributed by atoms with E-state index in [1.807, 2.05) is 0 Å². The molecule has 9 nitrogen and oxygen atoms in total. The molecule has 0 spiro atoms. The van der Waals surface area contributed by atoms with E-state index in [1.165, 1.54) is 11.3 Å². The van der Waals surface area contributed by atoms with E-state index in [0.717, 1.165) is 17.7 Å². The Bertz CT molecular complexity index is 1420. The van der Waals surface area contributed by atoms with E-state index in [4.69, 9.17) is 49.1 Å². The average molecular weight is 557 g/mol. The van der Waals surface area contributed by atoms with Crippen molar-refractivity contribution in [1.29, 1.82) is 0 Å². The molecule has 4 rings (SSSR count). The molecule has 0 bridgehead atoms. The third-order valence-electron chi connectivity index (χ3n) is 5.09. The summed E-state index contributed by atoms with van der Waals surface area (Å²) in [4.78, 5) is 25.1. The SMILES string of the molecule is NS(=O)(=O)c1cc(C(=O)OCC(=O)N2N=C(c3ccc(Cl)cc3)CC2c2ccco2)c(Cl)cc1Cl. The van der Waals surface area contributed by atoms with Gasteiger partial charge in [-0.2, -0.15) is 5.10 Å². The number of nitrogens with two attached hydrogens (primary N) is 1. The van der Waals surface area contributed by atoms with Crippen LogP contribution < -0.4 is 5.14 Å². The molecule has 0 fully saturated rings. The number of amides is 1. The molecule has 0 aliphatic carbocycles.